The molecule has 0 radical (unpaired) electrons. The fourth-order valence-electron chi connectivity index (χ4n) is 2.06. The van der Waals surface area contributed by atoms with Crippen molar-refractivity contribution in [3.8, 4) is 0 Å². The third kappa shape index (κ3) is 5.01. The van der Waals surface area contributed by atoms with Crippen LogP contribution in [-0.2, 0) is 0 Å². The molecule has 1 N–H and O–H groups in total. The van der Waals surface area contributed by atoms with Gasteiger partial charge in [0.05, 0.1) is 6.10 Å². The van der Waals surface area contributed by atoms with E-state index in [0.29, 0.717) is 0 Å². The Morgan fingerprint density at radius 1 is 1.31 bits per heavy atom. The first-order chi connectivity index (χ1) is 6.33. The molecule has 1 aliphatic rings. The van der Waals surface area contributed by atoms with Gasteiger partial charge < -0.3 is 5.11 Å². The molecule has 76 valence electrons. The molecule has 0 spiro atoms. The second-order valence-corrected chi connectivity index (χ2v) is 4.69. The van der Waals surface area contributed by atoms with Crippen molar-refractivity contribution >= 4 is 22.6 Å². The van der Waals surface area contributed by atoms with Crippen LogP contribution in [0.15, 0.2) is 10.2 Å². The molecule has 0 aromatic carbocycles. The molecule has 0 aliphatic heterocycles. The molecule has 1 unspecified atom stereocenters. The molecule has 1 fully saturated rings. The highest BCUT2D eigenvalue weighted by Crippen LogP contribution is 2.27. The SMILES string of the molecule is OC(C=CI)CCC1CCCCC1. The Kier molecular flexibility index (Phi) is 6.04. The minimum absolute atomic E-state index is 0.209. The topological polar surface area (TPSA) is 20.2 Å². The van der Waals surface area contributed by atoms with Gasteiger partial charge in [-0.2, -0.15) is 0 Å². The van der Waals surface area contributed by atoms with Crippen LogP contribution < -0.4 is 0 Å². The summed E-state index contributed by atoms with van der Waals surface area (Å²) in [6, 6.07) is 0. The van der Waals surface area contributed by atoms with Crippen LogP contribution in [0.4, 0.5) is 0 Å². The predicted molar refractivity (Wildman–Crippen MR) is 65.0 cm³/mol. The van der Waals surface area contributed by atoms with Crippen molar-refractivity contribution in [2.45, 2.75) is 51.0 Å². The standard InChI is InChI=1S/C11H19IO/c12-9-8-11(13)7-6-10-4-2-1-3-5-10/h8-11,13H,1-7H2. The molecule has 0 bridgehead atoms. The molecule has 1 rings (SSSR count). The minimum Gasteiger partial charge on any atom is -0.389 e. The smallest absolute Gasteiger partial charge is 0.0728 e. The molecule has 0 aromatic heterocycles. The zero-order chi connectivity index (χ0) is 9.52. The van der Waals surface area contributed by atoms with Gasteiger partial charge in [0.2, 0.25) is 0 Å². The highest BCUT2D eigenvalue weighted by Gasteiger charge is 2.13. The second kappa shape index (κ2) is 6.82. The molecule has 1 atom stereocenters. The van der Waals surface area contributed by atoms with Gasteiger partial charge in [0, 0.05) is 0 Å². The lowest BCUT2D eigenvalue weighted by Gasteiger charge is -2.21. The van der Waals surface area contributed by atoms with Crippen LogP contribution in [0.1, 0.15) is 44.9 Å². The van der Waals surface area contributed by atoms with Crippen molar-refractivity contribution in [1.29, 1.82) is 0 Å². The average molecular weight is 294 g/mol. The van der Waals surface area contributed by atoms with E-state index >= 15 is 0 Å². The van der Waals surface area contributed by atoms with E-state index < -0.39 is 0 Å². The van der Waals surface area contributed by atoms with Crippen LogP contribution in [0.2, 0.25) is 0 Å². The zero-order valence-corrected chi connectivity index (χ0v) is 10.2. The fraction of sp³-hybridized carbons (Fsp3) is 0.818. The lowest BCUT2D eigenvalue weighted by molar-refractivity contribution is 0.192. The quantitative estimate of drug-likeness (QED) is 0.785. The Morgan fingerprint density at radius 2 is 2.00 bits per heavy atom. The van der Waals surface area contributed by atoms with Crippen molar-refractivity contribution in [3.05, 3.63) is 10.2 Å². The number of rotatable bonds is 4. The maximum atomic E-state index is 9.49. The number of aliphatic hydroxyl groups excluding tert-OH is 1. The summed E-state index contributed by atoms with van der Waals surface area (Å²) in [5.74, 6) is 0.894. The summed E-state index contributed by atoms with van der Waals surface area (Å²) >= 11 is 2.16. The van der Waals surface area contributed by atoms with Gasteiger partial charge in [-0.05, 0) is 22.8 Å². The molecule has 0 amide bonds. The Balaban J connectivity index is 2.09. The van der Waals surface area contributed by atoms with Crippen LogP contribution in [0.5, 0.6) is 0 Å². The van der Waals surface area contributed by atoms with Crippen LogP contribution in [0.25, 0.3) is 0 Å². The zero-order valence-electron chi connectivity index (χ0n) is 8.08. The molecule has 0 heterocycles. The summed E-state index contributed by atoms with van der Waals surface area (Å²) in [5, 5.41) is 9.49. The Bertz CT molecular complexity index is 150. The Morgan fingerprint density at radius 3 is 2.62 bits per heavy atom. The van der Waals surface area contributed by atoms with Crippen molar-refractivity contribution in [2.75, 3.05) is 0 Å². The van der Waals surface area contributed by atoms with Crippen molar-refractivity contribution < 1.29 is 5.11 Å². The van der Waals surface area contributed by atoms with E-state index in [-0.39, 0.29) is 6.10 Å². The van der Waals surface area contributed by atoms with E-state index in [1.807, 2.05) is 10.2 Å². The third-order valence-corrected chi connectivity index (χ3v) is 3.31. The normalized spacial score (nSPS) is 22.3. The summed E-state index contributed by atoms with van der Waals surface area (Å²) in [4.78, 5) is 0. The number of hydrogen-bond donors (Lipinski definition) is 1. The molecule has 0 aromatic rings. The van der Waals surface area contributed by atoms with Gasteiger partial charge in [-0.25, -0.2) is 0 Å². The molecule has 1 nitrogen and oxygen atoms in total. The van der Waals surface area contributed by atoms with Crippen LogP contribution in [0.3, 0.4) is 0 Å². The van der Waals surface area contributed by atoms with E-state index in [2.05, 4.69) is 22.6 Å². The number of halogens is 1. The molecule has 0 saturated heterocycles. The molecule has 1 saturated carbocycles. The van der Waals surface area contributed by atoms with Gasteiger partial charge in [-0.1, -0.05) is 60.8 Å². The molecular formula is C11H19IO. The lowest BCUT2D eigenvalue weighted by Crippen LogP contribution is -2.10. The number of hydrogen-bond acceptors (Lipinski definition) is 1. The first-order valence-corrected chi connectivity index (χ1v) is 6.52. The summed E-state index contributed by atoms with van der Waals surface area (Å²) < 4.78 is 1.91. The maximum absolute atomic E-state index is 9.49. The van der Waals surface area contributed by atoms with Crippen LogP contribution in [0, 0.1) is 5.92 Å². The summed E-state index contributed by atoms with van der Waals surface area (Å²) in [5.41, 5.74) is 0. The van der Waals surface area contributed by atoms with Crippen molar-refractivity contribution in [2.24, 2.45) is 5.92 Å². The number of aliphatic hydroxyl groups is 1. The van der Waals surface area contributed by atoms with E-state index in [9.17, 15) is 5.11 Å². The largest absolute Gasteiger partial charge is 0.389 e. The van der Waals surface area contributed by atoms with Crippen molar-refractivity contribution in [1.82, 2.24) is 0 Å². The monoisotopic (exact) mass is 294 g/mol. The Hall–Kier alpha value is 0.430. The second-order valence-electron chi connectivity index (χ2n) is 3.97. The average Bonchev–Trinajstić information content (AvgIpc) is 2.17. The van der Waals surface area contributed by atoms with Gasteiger partial charge in [-0.15, -0.1) is 0 Å². The van der Waals surface area contributed by atoms with E-state index in [4.69, 9.17) is 0 Å². The van der Waals surface area contributed by atoms with Gasteiger partial charge in [-0.3, -0.25) is 0 Å². The molecule has 1 aliphatic carbocycles. The Labute approximate surface area is 94.7 Å². The maximum Gasteiger partial charge on any atom is 0.0728 e. The summed E-state index contributed by atoms with van der Waals surface area (Å²) in [6.45, 7) is 0. The fourth-order valence-corrected chi connectivity index (χ4v) is 2.54. The highest BCUT2D eigenvalue weighted by atomic mass is 127. The first kappa shape index (κ1) is 11.5. The molecular weight excluding hydrogens is 275 g/mol. The first-order valence-electron chi connectivity index (χ1n) is 5.28. The van der Waals surface area contributed by atoms with Gasteiger partial charge in [0.25, 0.3) is 0 Å². The predicted octanol–water partition coefficient (Wildman–Crippen LogP) is 3.66. The summed E-state index contributed by atoms with van der Waals surface area (Å²) in [6.07, 6.45) is 10.8. The van der Waals surface area contributed by atoms with E-state index in [1.165, 1.54) is 38.5 Å². The van der Waals surface area contributed by atoms with E-state index in [1.54, 1.807) is 0 Å². The summed E-state index contributed by atoms with van der Waals surface area (Å²) in [7, 11) is 0. The van der Waals surface area contributed by atoms with Crippen molar-refractivity contribution in [3.63, 3.8) is 0 Å². The van der Waals surface area contributed by atoms with Gasteiger partial charge >= 0.3 is 0 Å². The van der Waals surface area contributed by atoms with Crippen LogP contribution >= 0.6 is 22.6 Å². The van der Waals surface area contributed by atoms with Gasteiger partial charge in [0.15, 0.2) is 0 Å². The van der Waals surface area contributed by atoms with Gasteiger partial charge in [0.1, 0.15) is 0 Å². The third-order valence-electron chi connectivity index (χ3n) is 2.89. The minimum atomic E-state index is -0.209. The molecule has 2 heteroatoms. The highest BCUT2D eigenvalue weighted by molar-refractivity contribution is 14.1. The lowest BCUT2D eigenvalue weighted by atomic mass is 9.85. The van der Waals surface area contributed by atoms with E-state index in [0.717, 1.165) is 12.3 Å². The van der Waals surface area contributed by atoms with Crippen LogP contribution in [-0.4, -0.2) is 11.2 Å². The molecule has 13 heavy (non-hydrogen) atoms.